The lowest BCUT2D eigenvalue weighted by atomic mass is 10.1. The van der Waals surface area contributed by atoms with Gasteiger partial charge in [0.05, 0.1) is 5.69 Å². The van der Waals surface area contributed by atoms with Crippen LogP contribution < -0.4 is 10.1 Å². The van der Waals surface area contributed by atoms with Crippen molar-refractivity contribution in [2.75, 3.05) is 5.32 Å². The van der Waals surface area contributed by atoms with Gasteiger partial charge < -0.3 is 10.1 Å². The molecule has 0 bridgehead atoms. The zero-order valence-electron chi connectivity index (χ0n) is 16.9. The van der Waals surface area contributed by atoms with E-state index in [-0.39, 0.29) is 11.7 Å². The molecular weight excluding hydrogens is 383 g/mol. The number of aromatic nitrogens is 3. The lowest BCUT2D eigenvalue weighted by Gasteiger charge is -2.25. The number of benzene rings is 3. The second-order valence-corrected chi connectivity index (χ2v) is 7.50. The molecule has 1 heterocycles. The molecule has 6 nitrogen and oxygen atoms in total. The molecule has 30 heavy (non-hydrogen) atoms. The Labute approximate surface area is 173 Å². The Morgan fingerprint density at radius 2 is 1.63 bits per heavy atom. The van der Waals surface area contributed by atoms with Gasteiger partial charge in [-0.15, -0.1) is 10.2 Å². The Morgan fingerprint density at radius 1 is 1.00 bits per heavy atom. The molecular formula is C23H21FN4O2. The quantitative estimate of drug-likeness (QED) is 0.525. The number of rotatable bonds is 5. The summed E-state index contributed by atoms with van der Waals surface area (Å²) in [7, 11) is 0. The van der Waals surface area contributed by atoms with E-state index in [1.54, 1.807) is 44.2 Å². The zero-order valence-corrected chi connectivity index (χ0v) is 16.9. The molecule has 4 aromatic rings. The summed E-state index contributed by atoms with van der Waals surface area (Å²) in [5.74, 6) is 0.0171. The Bertz CT molecular complexity index is 1200. The average molecular weight is 404 g/mol. The minimum Gasteiger partial charge on any atom is -0.478 e. The van der Waals surface area contributed by atoms with Gasteiger partial charge >= 0.3 is 0 Å². The highest BCUT2D eigenvalue weighted by molar-refractivity contribution is 5.99. The molecule has 0 saturated heterocycles. The number of aryl methyl sites for hydroxylation is 1. The van der Waals surface area contributed by atoms with Crippen LogP contribution in [0.3, 0.4) is 0 Å². The largest absolute Gasteiger partial charge is 0.478 e. The van der Waals surface area contributed by atoms with Gasteiger partial charge in [-0.05, 0) is 74.9 Å². The van der Waals surface area contributed by atoms with E-state index >= 15 is 0 Å². The summed E-state index contributed by atoms with van der Waals surface area (Å²) in [5.41, 5.74) is 2.33. The third-order valence-electron chi connectivity index (χ3n) is 4.70. The van der Waals surface area contributed by atoms with Gasteiger partial charge in [-0.25, -0.2) is 4.39 Å². The molecule has 1 N–H and O–H groups in total. The maximum atomic E-state index is 13.2. The van der Waals surface area contributed by atoms with Crippen LogP contribution in [0.5, 0.6) is 5.75 Å². The molecule has 4 rings (SSSR count). The van der Waals surface area contributed by atoms with E-state index in [4.69, 9.17) is 4.74 Å². The second-order valence-electron chi connectivity index (χ2n) is 7.50. The van der Waals surface area contributed by atoms with E-state index in [2.05, 4.69) is 15.5 Å². The Hall–Kier alpha value is -3.74. The van der Waals surface area contributed by atoms with Crippen molar-refractivity contribution < 1.29 is 13.9 Å². The van der Waals surface area contributed by atoms with Crippen LogP contribution in [0.1, 0.15) is 19.4 Å². The van der Waals surface area contributed by atoms with E-state index in [1.165, 1.54) is 16.9 Å². The fourth-order valence-electron chi connectivity index (χ4n) is 2.99. The van der Waals surface area contributed by atoms with E-state index in [0.29, 0.717) is 28.2 Å². The molecule has 7 heteroatoms. The van der Waals surface area contributed by atoms with Crippen LogP contribution >= 0.6 is 0 Å². The summed E-state index contributed by atoms with van der Waals surface area (Å²) in [6.07, 6.45) is 0. The summed E-state index contributed by atoms with van der Waals surface area (Å²) in [6.45, 7) is 5.32. The smallest absolute Gasteiger partial charge is 0.267 e. The van der Waals surface area contributed by atoms with Crippen molar-refractivity contribution >= 4 is 22.6 Å². The standard InChI is InChI=1S/C23H21FN4O2/c1-15-13-20-21(27-28(26-20)17-11-9-16(24)10-12-17)14-19(15)25-22(29)23(2,3)30-18-7-5-4-6-8-18/h4-14H,1-3H3,(H,25,29). The highest BCUT2D eigenvalue weighted by Gasteiger charge is 2.30. The van der Waals surface area contributed by atoms with Crippen LogP contribution in [0.15, 0.2) is 66.7 Å². The first-order valence-electron chi connectivity index (χ1n) is 9.51. The van der Waals surface area contributed by atoms with Crippen molar-refractivity contribution in [2.24, 2.45) is 0 Å². The van der Waals surface area contributed by atoms with Gasteiger partial charge in [-0.3, -0.25) is 4.79 Å². The number of ether oxygens (including phenoxy) is 1. The van der Waals surface area contributed by atoms with Crippen molar-refractivity contribution in [2.45, 2.75) is 26.4 Å². The first-order chi connectivity index (χ1) is 14.3. The number of nitrogens with zero attached hydrogens (tertiary/aromatic N) is 3. The summed E-state index contributed by atoms with van der Waals surface area (Å²) in [4.78, 5) is 14.3. The van der Waals surface area contributed by atoms with Crippen LogP contribution in [0.25, 0.3) is 16.7 Å². The van der Waals surface area contributed by atoms with Crippen LogP contribution in [0, 0.1) is 12.7 Å². The molecule has 1 aromatic heterocycles. The Morgan fingerprint density at radius 3 is 2.30 bits per heavy atom. The zero-order chi connectivity index (χ0) is 21.3. The third kappa shape index (κ3) is 4.00. The number of amides is 1. The fourth-order valence-corrected chi connectivity index (χ4v) is 2.99. The van der Waals surface area contributed by atoms with Crippen molar-refractivity contribution in [1.82, 2.24) is 15.0 Å². The number of carbonyl (C=O) groups is 1. The molecule has 152 valence electrons. The van der Waals surface area contributed by atoms with E-state index < -0.39 is 5.60 Å². The number of carbonyl (C=O) groups excluding carboxylic acids is 1. The maximum absolute atomic E-state index is 13.2. The Balaban J connectivity index is 1.58. The first-order valence-corrected chi connectivity index (χ1v) is 9.51. The summed E-state index contributed by atoms with van der Waals surface area (Å²) >= 11 is 0. The number of halogens is 1. The first kappa shape index (κ1) is 19.6. The van der Waals surface area contributed by atoms with Crippen molar-refractivity contribution in [1.29, 1.82) is 0 Å². The molecule has 3 aromatic carbocycles. The second kappa shape index (κ2) is 7.59. The summed E-state index contributed by atoms with van der Waals surface area (Å²) in [5, 5.41) is 11.8. The maximum Gasteiger partial charge on any atom is 0.267 e. The van der Waals surface area contributed by atoms with Crippen molar-refractivity contribution in [3.05, 3.63) is 78.1 Å². The lowest BCUT2D eigenvalue weighted by Crippen LogP contribution is -2.42. The van der Waals surface area contributed by atoms with Gasteiger partial charge in [0.15, 0.2) is 5.60 Å². The molecule has 0 spiro atoms. The van der Waals surface area contributed by atoms with Gasteiger partial charge in [0.2, 0.25) is 0 Å². The number of hydrogen-bond donors (Lipinski definition) is 1. The lowest BCUT2D eigenvalue weighted by molar-refractivity contribution is -0.128. The fraction of sp³-hybridized carbons (Fsp3) is 0.174. The molecule has 0 unspecified atom stereocenters. The monoisotopic (exact) mass is 404 g/mol. The molecule has 0 aliphatic carbocycles. The minimum absolute atomic E-state index is 0.278. The highest BCUT2D eigenvalue weighted by Crippen LogP contribution is 2.25. The van der Waals surface area contributed by atoms with Crippen LogP contribution in [-0.2, 0) is 4.79 Å². The number of fused-ring (bicyclic) bond motifs is 1. The topological polar surface area (TPSA) is 69.0 Å². The normalized spacial score (nSPS) is 11.5. The summed E-state index contributed by atoms with van der Waals surface area (Å²) in [6, 6.07) is 18.7. The SMILES string of the molecule is Cc1cc2nn(-c3ccc(F)cc3)nc2cc1NC(=O)C(C)(C)Oc1ccccc1. The Kier molecular flexibility index (Phi) is 4.95. The van der Waals surface area contributed by atoms with Gasteiger partial charge in [0.25, 0.3) is 5.91 Å². The van der Waals surface area contributed by atoms with Crippen LogP contribution in [0.4, 0.5) is 10.1 Å². The highest BCUT2D eigenvalue weighted by atomic mass is 19.1. The molecule has 0 aliphatic rings. The van der Waals surface area contributed by atoms with Crippen molar-refractivity contribution in [3.8, 4) is 11.4 Å². The predicted octanol–water partition coefficient (Wildman–Crippen LogP) is 4.66. The molecule has 0 aliphatic heterocycles. The van der Waals surface area contributed by atoms with E-state index in [0.717, 1.165) is 5.56 Å². The average Bonchev–Trinajstić information content (AvgIpc) is 3.11. The molecule has 0 fully saturated rings. The molecule has 1 amide bonds. The van der Waals surface area contributed by atoms with Gasteiger partial charge in [-0.1, -0.05) is 18.2 Å². The van der Waals surface area contributed by atoms with Gasteiger partial charge in [0, 0.05) is 5.69 Å². The number of hydrogen-bond acceptors (Lipinski definition) is 4. The minimum atomic E-state index is -1.07. The number of para-hydroxylation sites is 1. The van der Waals surface area contributed by atoms with E-state index in [1.807, 2.05) is 31.2 Å². The number of nitrogens with one attached hydrogen (secondary N) is 1. The number of anilines is 1. The van der Waals surface area contributed by atoms with Gasteiger partial charge in [-0.2, -0.15) is 4.80 Å². The summed E-state index contributed by atoms with van der Waals surface area (Å²) < 4.78 is 19.0. The molecule has 0 radical (unpaired) electrons. The van der Waals surface area contributed by atoms with Crippen LogP contribution in [0.2, 0.25) is 0 Å². The van der Waals surface area contributed by atoms with Crippen LogP contribution in [-0.4, -0.2) is 26.5 Å². The third-order valence-corrected chi connectivity index (χ3v) is 4.70. The van der Waals surface area contributed by atoms with E-state index in [9.17, 15) is 9.18 Å². The van der Waals surface area contributed by atoms with Gasteiger partial charge in [0.1, 0.15) is 22.6 Å². The van der Waals surface area contributed by atoms with Crippen molar-refractivity contribution in [3.63, 3.8) is 0 Å². The molecule has 0 saturated carbocycles. The predicted molar refractivity (Wildman–Crippen MR) is 113 cm³/mol. The molecule has 0 atom stereocenters.